The van der Waals surface area contributed by atoms with Gasteiger partial charge in [-0.15, -0.1) is 11.3 Å². The van der Waals surface area contributed by atoms with Gasteiger partial charge in [-0.05, 0) is 31.2 Å². The van der Waals surface area contributed by atoms with Gasteiger partial charge in [0.1, 0.15) is 11.3 Å². The molecular weight excluding hydrogens is 336 g/mol. The summed E-state index contributed by atoms with van der Waals surface area (Å²) in [6, 6.07) is 3.70. The van der Waals surface area contributed by atoms with E-state index in [0.29, 0.717) is 28.6 Å². The number of carbonyl (C=O) groups is 2. The molecule has 8 heteroatoms. The van der Waals surface area contributed by atoms with Gasteiger partial charge < -0.3 is 14.8 Å². The van der Waals surface area contributed by atoms with E-state index in [-0.39, 0.29) is 12.3 Å². The van der Waals surface area contributed by atoms with Crippen molar-refractivity contribution in [2.45, 2.75) is 25.3 Å². The fraction of sp³-hybridized carbons (Fsp3) is 0.400. The summed E-state index contributed by atoms with van der Waals surface area (Å²) >= 11 is 2.94. The van der Waals surface area contributed by atoms with E-state index in [1.54, 1.807) is 5.38 Å². The van der Waals surface area contributed by atoms with Crippen LogP contribution in [0.25, 0.3) is 10.8 Å². The van der Waals surface area contributed by atoms with Crippen molar-refractivity contribution in [1.29, 1.82) is 0 Å². The molecule has 1 fully saturated rings. The maximum Gasteiger partial charge on any atom is 0.330 e. The van der Waals surface area contributed by atoms with Crippen molar-refractivity contribution < 1.29 is 19.1 Å². The number of aromatic nitrogens is 1. The SMILES string of the molecule is Cc1ccc(-c2nc(CC(=O)NC3(C(=O)O)CCSC3)cs2)o1. The van der Waals surface area contributed by atoms with E-state index in [9.17, 15) is 14.7 Å². The van der Waals surface area contributed by atoms with Gasteiger partial charge in [0.15, 0.2) is 10.8 Å². The van der Waals surface area contributed by atoms with E-state index in [1.807, 2.05) is 19.1 Å². The average Bonchev–Trinajstić information content (AvgIpc) is 3.20. The Labute approximate surface area is 141 Å². The summed E-state index contributed by atoms with van der Waals surface area (Å²) in [5.41, 5.74) is -0.527. The lowest BCUT2D eigenvalue weighted by atomic mass is 9.99. The van der Waals surface area contributed by atoms with E-state index in [2.05, 4.69) is 10.3 Å². The van der Waals surface area contributed by atoms with Gasteiger partial charge in [0, 0.05) is 11.1 Å². The number of furan rings is 1. The molecule has 6 nitrogen and oxygen atoms in total. The predicted molar refractivity (Wildman–Crippen MR) is 88.7 cm³/mol. The van der Waals surface area contributed by atoms with Gasteiger partial charge in [0.25, 0.3) is 0 Å². The maximum atomic E-state index is 12.2. The van der Waals surface area contributed by atoms with Gasteiger partial charge in [-0.3, -0.25) is 4.79 Å². The van der Waals surface area contributed by atoms with Gasteiger partial charge in [-0.1, -0.05) is 0 Å². The maximum absolute atomic E-state index is 12.2. The number of nitrogens with zero attached hydrogens (tertiary/aromatic N) is 1. The van der Waals surface area contributed by atoms with Gasteiger partial charge in [-0.2, -0.15) is 11.8 Å². The van der Waals surface area contributed by atoms with Crippen LogP contribution < -0.4 is 5.32 Å². The number of carbonyl (C=O) groups excluding carboxylic acids is 1. The number of thiazole rings is 1. The van der Waals surface area contributed by atoms with Crippen LogP contribution in [-0.2, 0) is 16.0 Å². The van der Waals surface area contributed by atoms with Crippen LogP contribution in [0.1, 0.15) is 17.9 Å². The minimum Gasteiger partial charge on any atom is -0.479 e. The molecule has 2 N–H and O–H groups in total. The lowest BCUT2D eigenvalue weighted by molar-refractivity contribution is -0.146. The van der Waals surface area contributed by atoms with Crippen LogP contribution in [0.3, 0.4) is 0 Å². The third-order valence-electron chi connectivity index (χ3n) is 3.65. The zero-order chi connectivity index (χ0) is 16.4. The number of carboxylic acid groups (broad SMARTS) is 1. The highest BCUT2D eigenvalue weighted by Crippen LogP contribution is 2.29. The summed E-state index contributed by atoms with van der Waals surface area (Å²) in [6.07, 6.45) is 0.516. The Bertz CT molecular complexity index is 731. The second kappa shape index (κ2) is 6.37. The summed E-state index contributed by atoms with van der Waals surface area (Å²) in [4.78, 5) is 28.0. The number of hydrogen-bond donors (Lipinski definition) is 2. The van der Waals surface area contributed by atoms with Gasteiger partial charge in [0.05, 0.1) is 12.1 Å². The summed E-state index contributed by atoms with van der Waals surface area (Å²) in [6.45, 7) is 1.86. The number of nitrogens with one attached hydrogen (secondary N) is 1. The Morgan fingerprint density at radius 2 is 2.30 bits per heavy atom. The molecule has 1 aliphatic heterocycles. The molecule has 1 aliphatic rings. The van der Waals surface area contributed by atoms with Crippen LogP contribution >= 0.6 is 23.1 Å². The van der Waals surface area contributed by atoms with E-state index in [0.717, 1.165) is 11.5 Å². The van der Waals surface area contributed by atoms with Crippen LogP contribution in [-0.4, -0.2) is 39.0 Å². The van der Waals surface area contributed by atoms with Crippen molar-refractivity contribution in [3.63, 3.8) is 0 Å². The van der Waals surface area contributed by atoms with Crippen LogP contribution in [0.15, 0.2) is 21.9 Å². The second-order valence-corrected chi connectivity index (χ2v) is 7.43. The zero-order valence-corrected chi connectivity index (χ0v) is 14.1. The molecule has 0 radical (unpaired) electrons. The van der Waals surface area contributed by atoms with Crippen molar-refractivity contribution >= 4 is 35.0 Å². The molecule has 1 amide bonds. The Hall–Kier alpha value is -1.80. The number of carboxylic acids is 1. The summed E-state index contributed by atoms with van der Waals surface area (Å²) in [7, 11) is 0. The molecule has 3 rings (SSSR count). The molecule has 1 atom stereocenters. The van der Waals surface area contributed by atoms with Gasteiger partial charge in [-0.25, -0.2) is 9.78 Å². The molecule has 23 heavy (non-hydrogen) atoms. The highest BCUT2D eigenvalue weighted by atomic mass is 32.2. The Morgan fingerprint density at radius 3 is 2.91 bits per heavy atom. The van der Waals surface area contributed by atoms with Gasteiger partial charge >= 0.3 is 5.97 Å². The third-order valence-corrected chi connectivity index (χ3v) is 5.75. The highest BCUT2D eigenvalue weighted by molar-refractivity contribution is 7.99. The zero-order valence-electron chi connectivity index (χ0n) is 12.5. The Morgan fingerprint density at radius 1 is 1.48 bits per heavy atom. The van der Waals surface area contributed by atoms with Crippen LogP contribution in [0, 0.1) is 6.92 Å². The second-order valence-electron chi connectivity index (χ2n) is 5.47. The fourth-order valence-corrected chi connectivity index (χ4v) is 4.52. The first-order chi connectivity index (χ1) is 11.0. The smallest absolute Gasteiger partial charge is 0.330 e. The molecule has 0 bridgehead atoms. The number of rotatable bonds is 5. The molecule has 3 heterocycles. The topological polar surface area (TPSA) is 92.4 Å². The number of thioether (sulfide) groups is 1. The molecular formula is C15H16N2O4S2. The van der Waals surface area contributed by atoms with Crippen LogP contribution in [0.4, 0.5) is 0 Å². The predicted octanol–water partition coefficient (Wildman–Crippen LogP) is 2.33. The third kappa shape index (κ3) is 3.42. The molecule has 0 aromatic carbocycles. The van der Waals surface area contributed by atoms with E-state index in [4.69, 9.17) is 4.42 Å². The molecule has 0 spiro atoms. The monoisotopic (exact) mass is 352 g/mol. The normalized spacial score (nSPS) is 20.6. The van der Waals surface area contributed by atoms with Crippen LogP contribution in [0.5, 0.6) is 0 Å². The van der Waals surface area contributed by atoms with Gasteiger partial charge in [0.2, 0.25) is 5.91 Å². The van der Waals surface area contributed by atoms with E-state index >= 15 is 0 Å². The van der Waals surface area contributed by atoms with Crippen LogP contribution in [0.2, 0.25) is 0 Å². The van der Waals surface area contributed by atoms with Crippen molar-refractivity contribution in [2.24, 2.45) is 0 Å². The molecule has 2 aromatic heterocycles. The minimum absolute atomic E-state index is 0.0654. The Balaban J connectivity index is 1.66. The standard InChI is InChI=1S/C15H16N2O4S2/c1-9-2-3-11(21-9)13-16-10(7-23-13)6-12(18)17-15(14(19)20)4-5-22-8-15/h2-3,7H,4-6,8H2,1H3,(H,17,18)(H,19,20). The largest absolute Gasteiger partial charge is 0.479 e. The molecule has 1 saturated heterocycles. The molecule has 2 aromatic rings. The molecule has 122 valence electrons. The number of hydrogen-bond acceptors (Lipinski definition) is 6. The summed E-state index contributed by atoms with van der Waals surface area (Å²) < 4.78 is 5.51. The minimum atomic E-state index is -1.14. The number of amides is 1. The number of aliphatic carboxylic acids is 1. The van der Waals surface area contributed by atoms with Crippen molar-refractivity contribution in [3.05, 3.63) is 29.0 Å². The first kappa shape index (κ1) is 16.1. The number of aryl methyl sites for hydroxylation is 1. The highest BCUT2D eigenvalue weighted by Gasteiger charge is 2.43. The summed E-state index contributed by atoms with van der Waals surface area (Å²) in [5.74, 6) is 1.33. The summed E-state index contributed by atoms with van der Waals surface area (Å²) in [5, 5.41) is 14.6. The van der Waals surface area contributed by atoms with Crippen molar-refractivity contribution in [2.75, 3.05) is 11.5 Å². The van der Waals surface area contributed by atoms with E-state index < -0.39 is 11.5 Å². The quantitative estimate of drug-likeness (QED) is 0.858. The average molecular weight is 352 g/mol. The van der Waals surface area contributed by atoms with E-state index in [1.165, 1.54) is 23.1 Å². The van der Waals surface area contributed by atoms with Crippen molar-refractivity contribution in [3.8, 4) is 10.8 Å². The Kier molecular flexibility index (Phi) is 4.45. The lowest BCUT2D eigenvalue weighted by Crippen LogP contribution is -2.55. The van der Waals surface area contributed by atoms with Crippen molar-refractivity contribution in [1.82, 2.24) is 10.3 Å². The first-order valence-electron chi connectivity index (χ1n) is 7.12. The lowest BCUT2D eigenvalue weighted by Gasteiger charge is -2.24. The molecule has 1 unspecified atom stereocenters. The fourth-order valence-electron chi connectivity index (χ4n) is 2.41. The molecule has 0 saturated carbocycles. The first-order valence-corrected chi connectivity index (χ1v) is 9.15. The molecule has 0 aliphatic carbocycles.